The molecule has 134 valence electrons. The van der Waals surface area contributed by atoms with Gasteiger partial charge in [-0.25, -0.2) is 10.1 Å². The summed E-state index contributed by atoms with van der Waals surface area (Å²) in [5.41, 5.74) is 3.48. The van der Waals surface area contributed by atoms with E-state index in [1.54, 1.807) is 32.3 Å². The number of hydrogen-bond donors (Lipinski definition) is 1. The molecule has 0 bridgehead atoms. The predicted molar refractivity (Wildman–Crippen MR) is 98.8 cm³/mol. The van der Waals surface area contributed by atoms with Crippen molar-refractivity contribution in [3.05, 3.63) is 71.0 Å². The number of hydroxylamine groups is 2. The molecule has 0 amide bonds. The second kappa shape index (κ2) is 7.95. The molecule has 0 aromatic heterocycles. The number of carbonyl (C=O) groups is 1. The number of nitrogens with zero attached hydrogens (tertiary/aromatic N) is 2. The Morgan fingerprint density at radius 3 is 2.81 bits per heavy atom. The SMILES string of the molecule is COCCOc1cccc(C2=CC(=C3C=CC(=O)C(C)=C3)N=CN2O)c1. The van der Waals surface area contributed by atoms with E-state index in [4.69, 9.17) is 9.47 Å². The zero-order valence-electron chi connectivity index (χ0n) is 14.7. The molecular weight excluding hydrogens is 332 g/mol. The van der Waals surface area contributed by atoms with E-state index in [1.807, 2.05) is 24.3 Å². The fourth-order valence-electron chi connectivity index (χ4n) is 2.58. The Kier molecular flexibility index (Phi) is 5.46. The highest BCUT2D eigenvalue weighted by Gasteiger charge is 2.17. The van der Waals surface area contributed by atoms with Gasteiger partial charge >= 0.3 is 0 Å². The van der Waals surface area contributed by atoms with Gasteiger partial charge in [0.1, 0.15) is 18.7 Å². The van der Waals surface area contributed by atoms with Crippen LogP contribution in [0.5, 0.6) is 5.75 Å². The maximum atomic E-state index is 11.6. The first kappa shape index (κ1) is 17.8. The van der Waals surface area contributed by atoms with Crippen LogP contribution in [0.3, 0.4) is 0 Å². The normalized spacial score (nSPS) is 19.5. The number of benzene rings is 1. The summed E-state index contributed by atoms with van der Waals surface area (Å²) < 4.78 is 10.6. The molecule has 0 atom stereocenters. The summed E-state index contributed by atoms with van der Waals surface area (Å²) in [5, 5.41) is 11.1. The Morgan fingerprint density at radius 2 is 2.04 bits per heavy atom. The molecule has 3 rings (SSSR count). The monoisotopic (exact) mass is 352 g/mol. The van der Waals surface area contributed by atoms with Gasteiger partial charge in [0.2, 0.25) is 0 Å². The molecule has 2 aliphatic rings. The van der Waals surface area contributed by atoms with Crippen LogP contribution in [-0.4, -0.2) is 42.7 Å². The standard InChI is InChI=1S/C20H20N2O4/c1-14-10-15(6-7-20(14)23)18-12-19(22(24)13-21-18)16-4-3-5-17(11-16)26-9-8-25-2/h3-7,10-13,24H,8-9H2,1-2H3. The molecule has 1 aliphatic carbocycles. The van der Waals surface area contributed by atoms with Crippen LogP contribution in [-0.2, 0) is 9.53 Å². The molecule has 0 unspecified atom stereocenters. The molecule has 1 aromatic carbocycles. The smallest absolute Gasteiger partial charge is 0.181 e. The van der Waals surface area contributed by atoms with Crippen molar-refractivity contribution in [2.75, 3.05) is 20.3 Å². The molecule has 0 radical (unpaired) electrons. The summed E-state index contributed by atoms with van der Waals surface area (Å²) in [6, 6.07) is 7.42. The van der Waals surface area contributed by atoms with Gasteiger partial charge in [0, 0.05) is 18.2 Å². The number of ketones is 1. The first-order valence-corrected chi connectivity index (χ1v) is 8.19. The maximum absolute atomic E-state index is 11.6. The zero-order valence-corrected chi connectivity index (χ0v) is 14.7. The minimum absolute atomic E-state index is 0.0111. The Morgan fingerprint density at radius 1 is 1.19 bits per heavy atom. The fourth-order valence-corrected chi connectivity index (χ4v) is 2.58. The van der Waals surface area contributed by atoms with Crippen molar-refractivity contribution < 1.29 is 19.5 Å². The minimum atomic E-state index is -0.0111. The number of hydrogen-bond acceptors (Lipinski definition) is 6. The highest BCUT2D eigenvalue weighted by molar-refractivity contribution is 6.05. The molecule has 0 saturated carbocycles. The molecule has 6 heteroatoms. The van der Waals surface area contributed by atoms with E-state index in [9.17, 15) is 10.0 Å². The number of allylic oxidation sites excluding steroid dienone is 6. The Hall–Kier alpha value is -2.96. The van der Waals surface area contributed by atoms with Crippen LogP contribution in [0.4, 0.5) is 0 Å². The third-order valence-electron chi connectivity index (χ3n) is 3.98. The summed E-state index contributed by atoms with van der Waals surface area (Å²) in [5.74, 6) is 0.674. The van der Waals surface area contributed by atoms with E-state index in [0.717, 1.165) is 16.2 Å². The third-order valence-corrected chi connectivity index (χ3v) is 3.98. The molecule has 0 fully saturated rings. The van der Waals surface area contributed by atoms with E-state index in [0.29, 0.717) is 35.9 Å². The maximum Gasteiger partial charge on any atom is 0.181 e. The highest BCUT2D eigenvalue weighted by atomic mass is 16.5. The molecule has 1 aromatic rings. The van der Waals surface area contributed by atoms with Crippen molar-refractivity contribution in [3.8, 4) is 5.75 Å². The van der Waals surface area contributed by atoms with E-state index >= 15 is 0 Å². The summed E-state index contributed by atoms with van der Waals surface area (Å²) in [4.78, 5) is 15.9. The van der Waals surface area contributed by atoms with Crippen LogP contribution in [0.25, 0.3) is 5.70 Å². The van der Waals surface area contributed by atoms with Gasteiger partial charge in [0.15, 0.2) is 5.78 Å². The van der Waals surface area contributed by atoms with Gasteiger partial charge in [-0.2, -0.15) is 0 Å². The van der Waals surface area contributed by atoms with E-state index in [2.05, 4.69) is 4.99 Å². The number of carbonyl (C=O) groups excluding carboxylic acids is 1. The van der Waals surface area contributed by atoms with Crippen LogP contribution in [0.15, 0.2) is 70.4 Å². The van der Waals surface area contributed by atoms with Crippen molar-refractivity contribution in [3.63, 3.8) is 0 Å². The average molecular weight is 352 g/mol. The Balaban J connectivity index is 1.92. The number of aliphatic imine (C=N–C) groups is 1. The summed E-state index contributed by atoms with van der Waals surface area (Å²) in [7, 11) is 1.62. The van der Waals surface area contributed by atoms with E-state index in [1.165, 1.54) is 12.4 Å². The molecule has 1 aliphatic heterocycles. The van der Waals surface area contributed by atoms with Crippen molar-refractivity contribution in [2.24, 2.45) is 4.99 Å². The largest absolute Gasteiger partial charge is 0.491 e. The fraction of sp³-hybridized carbons (Fsp3) is 0.200. The van der Waals surface area contributed by atoms with Gasteiger partial charge in [-0.3, -0.25) is 10.0 Å². The van der Waals surface area contributed by atoms with Gasteiger partial charge in [0.25, 0.3) is 0 Å². The van der Waals surface area contributed by atoms with Gasteiger partial charge in [-0.05, 0) is 48.9 Å². The zero-order chi connectivity index (χ0) is 18.5. The van der Waals surface area contributed by atoms with Crippen LogP contribution >= 0.6 is 0 Å². The summed E-state index contributed by atoms with van der Waals surface area (Å²) in [6.07, 6.45) is 8.15. The van der Waals surface area contributed by atoms with Crippen molar-refractivity contribution in [2.45, 2.75) is 6.92 Å². The van der Waals surface area contributed by atoms with E-state index in [-0.39, 0.29) is 5.78 Å². The molecule has 0 saturated heterocycles. The Bertz CT molecular complexity index is 862. The van der Waals surface area contributed by atoms with Gasteiger partial charge in [-0.15, -0.1) is 0 Å². The van der Waals surface area contributed by atoms with Gasteiger partial charge in [-0.1, -0.05) is 12.1 Å². The van der Waals surface area contributed by atoms with Crippen LogP contribution in [0.2, 0.25) is 0 Å². The number of methoxy groups -OCH3 is 1. The summed E-state index contributed by atoms with van der Waals surface area (Å²) >= 11 is 0. The van der Waals surface area contributed by atoms with Crippen molar-refractivity contribution in [1.82, 2.24) is 5.06 Å². The minimum Gasteiger partial charge on any atom is -0.491 e. The quantitative estimate of drug-likeness (QED) is 0.825. The topological polar surface area (TPSA) is 71.4 Å². The van der Waals surface area contributed by atoms with Crippen molar-refractivity contribution >= 4 is 17.8 Å². The molecule has 1 N–H and O–H groups in total. The summed E-state index contributed by atoms with van der Waals surface area (Å²) in [6.45, 7) is 2.71. The van der Waals surface area contributed by atoms with E-state index < -0.39 is 0 Å². The molecule has 1 heterocycles. The number of rotatable bonds is 5. The van der Waals surface area contributed by atoms with Crippen molar-refractivity contribution in [1.29, 1.82) is 0 Å². The van der Waals surface area contributed by atoms with Crippen LogP contribution < -0.4 is 4.74 Å². The molecule has 0 spiro atoms. The van der Waals surface area contributed by atoms with Gasteiger partial charge in [0.05, 0.1) is 18.0 Å². The lowest BCUT2D eigenvalue weighted by Gasteiger charge is -2.21. The third kappa shape index (κ3) is 3.99. The highest BCUT2D eigenvalue weighted by Crippen LogP contribution is 2.28. The number of ether oxygens (including phenoxy) is 2. The van der Waals surface area contributed by atoms with Crippen LogP contribution in [0, 0.1) is 0 Å². The lowest BCUT2D eigenvalue weighted by Crippen LogP contribution is -2.19. The molecular formula is C20H20N2O4. The Labute approximate surface area is 152 Å². The first-order valence-electron chi connectivity index (χ1n) is 8.19. The molecule has 26 heavy (non-hydrogen) atoms. The van der Waals surface area contributed by atoms with Gasteiger partial charge < -0.3 is 9.47 Å². The first-order chi connectivity index (χ1) is 12.6. The van der Waals surface area contributed by atoms with Crippen LogP contribution in [0.1, 0.15) is 12.5 Å². The predicted octanol–water partition coefficient (Wildman–Crippen LogP) is 3.13. The lowest BCUT2D eigenvalue weighted by atomic mass is 9.99. The second-order valence-electron chi connectivity index (χ2n) is 5.85. The average Bonchev–Trinajstić information content (AvgIpc) is 2.65. The molecule has 6 nitrogen and oxygen atoms in total. The second-order valence-corrected chi connectivity index (χ2v) is 5.85. The lowest BCUT2D eigenvalue weighted by molar-refractivity contribution is -0.111.